The van der Waals surface area contributed by atoms with E-state index in [9.17, 15) is 0 Å². The summed E-state index contributed by atoms with van der Waals surface area (Å²) in [6, 6.07) is 1.09. The number of aliphatic hydroxyl groups excluding tert-OH is 1. The van der Waals surface area contributed by atoms with E-state index < -0.39 is 0 Å². The van der Waals surface area contributed by atoms with Crippen LogP contribution in [0.5, 0.6) is 0 Å². The van der Waals surface area contributed by atoms with Crippen LogP contribution in [-0.4, -0.2) is 48.8 Å². The number of likely N-dealkylation sites (N-methyl/N-ethyl adjacent to an activating group) is 1. The van der Waals surface area contributed by atoms with Gasteiger partial charge in [-0.15, -0.1) is 0 Å². The largest absolute Gasteiger partial charge is 0.395 e. The Morgan fingerprint density at radius 1 is 1.36 bits per heavy atom. The zero-order valence-corrected chi connectivity index (χ0v) is 9.08. The molecule has 0 spiro atoms. The van der Waals surface area contributed by atoms with Crippen LogP contribution in [0, 0.1) is 5.92 Å². The maximum Gasteiger partial charge on any atom is 0.0597 e. The lowest BCUT2D eigenvalue weighted by atomic mass is 10.2. The number of rotatable bonds is 7. The maximum absolute atomic E-state index is 9.14. The van der Waals surface area contributed by atoms with E-state index in [0.29, 0.717) is 0 Å². The standard InChI is InChI=1S/C11H22N2O/c1-12-10(8-14)7-13(11-4-5-11)6-9-2-3-9/h9-12,14H,2-8H2,1H3. The molecule has 14 heavy (non-hydrogen) atoms. The van der Waals surface area contributed by atoms with E-state index in [4.69, 9.17) is 5.11 Å². The van der Waals surface area contributed by atoms with E-state index in [1.54, 1.807) is 0 Å². The molecule has 2 fully saturated rings. The highest BCUT2D eigenvalue weighted by atomic mass is 16.3. The van der Waals surface area contributed by atoms with E-state index in [2.05, 4.69) is 10.2 Å². The van der Waals surface area contributed by atoms with Gasteiger partial charge in [0.2, 0.25) is 0 Å². The normalized spacial score (nSPS) is 24.2. The summed E-state index contributed by atoms with van der Waals surface area (Å²) in [5.74, 6) is 0.965. The minimum absolute atomic E-state index is 0.254. The SMILES string of the molecule is CNC(CO)CN(CC1CC1)C1CC1. The van der Waals surface area contributed by atoms with E-state index in [-0.39, 0.29) is 12.6 Å². The van der Waals surface area contributed by atoms with E-state index in [0.717, 1.165) is 18.5 Å². The highest BCUT2D eigenvalue weighted by Gasteiger charge is 2.34. The minimum atomic E-state index is 0.254. The lowest BCUT2D eigenvalue weighted by molar-refractivity contribution is 0.176. The van der Waals surface area contributed by atoms with Gasteiger partial charge >= 0.3 is 0 Å². The zero-order chi connectivity index (χ0) is 9.97. The Hall–Kier alpha value is -0.120. The van der Waals surface area contributed by atoms with Gasteiger partial charge in [0.15, 0.2) is 0 Å². The Bertz CT molecular complexity index is 174. The van der Waals surface area contributed by atoms with Crippen LogP contribution in [-0.2, 0) is 0 Å². The Morgan fingerprint density at radius 3 is 2.50 bits per heavy atom. The van der Waals surface area contributed by atoms with Crippen LogP contribution in [0.1, 0.15) is 25.7 Å². The first-order valence-electron chi connectivity index (χ1n) is 5.85. The summed E-state index contributed by atoms with van der Waals surface area (Å²) < 4.78 is 0. The summed E-state index contributed by atoms with van der Waals surface area (Å²) in [6.45, 7) is 2.54. The molecule has 0 aromatic heterocycles. The molecule has 2 N–H and O–H groups in total. The predicted octanol–water partition coefficient (Wildman–Crippen LogP) is 0.441. The van der Waals surface area contributed by atoms with Gasteiger partial charge in [-0.2, -0.15) is 0 Å². The zero-order valence-electron chi connectivity index (χ0n) is 9.08. The quantitative estimate of drug-likeness (QED) is 0.623. The summed E-state index contributed by atoms with van der Waals surface area (Å²) in [7, 11) is 1.93. The molecular weight excluding hydrogens is 176 g/mol. The molecule has 0 radical (unpaired) electrons. The van der Waals surface area contributed by atoms with Gasteiger partial charge in [-0.05, 0) is 38.6 Å². The molecule has 2 saturated carbocycles. The molecule has 0 aliphatic heterocycles. The predicted molar refractivity (Wildman–Crippen MR) is 57.3 cm³/mol. The molecule has 1 atom stereocenters. The molecule has 0 aromatic carbocycles. The van der Waals surface area contributed by atoms with E-state index >= 15 is 0 Å². The van der Waals surface area contributed by atoms with Crippen LogP contribution in [0.3, 0.4) is 0 Å². The first-order valence-corrected chi connectivity index (χ1v) is 5.85. The number of hydrogen-bond donors (Lipinski definition) is 2. The van der Waals surface area contributed by atoms with Crippen molar-refractivity contribution in [1.29, 1.82) is 0 Å². The second-order valence-corrected chi connectivity index (χ2v) is 4.80. The summed E-state index contributed by atoms with van der Waals surface area (Å²) >= 11 is 0. The van der Waals surface area contributed by atoms with Crippen molar-refractivity contribution in [2.45, 2.75) is 37.8 Å². The average Bonchev–Trinajstić information content (AvgIpc) is 3.03. The molecule has 2 aliphatic carbocycles. The Balaban J connectivity index is 1.76. The number of hydrogen-bond acceptors (Lipinski definition) is 3. The molecule has 2 aliphatic rings. The Morgan fingerprint density at radius 2 is 2.07 bits per heavy atom. The first-order chi connectivity index (χ1) is 6.83. The fourth-order valence-corrected chi connectivity index (χ4v) is 1.97. The molecule has 0 saturated heterocycles. The van der Waals surface area contributed by atoms with Gasteiger partial charge in [0, 0.05) is 25.2 Å². The second-order valence-electron chi connectivity index (χ2n) is 4.80. The highest BCUT2D eigenvalue weighted by Crippen LogP contribution is 2.34. The lowest BCUT2D eigenvalue weighted by Crippen LogP contribution is -2.43. The minimum Gasteiger partial charge on any atom is -0.395 e. The summed E-state index contributed by atoms with van der Waals surface area (Å²) in [6.07, 6.45) is 5.59. The molecule has 0 bridgehead atoms. The maximum atomic E-state index is 9.14. The first kappa shape index (κ1) is 10.4. The van der Waals surface area contributed by atoms with Crippen LogP contribution in [0.15, 0.2) is 0 Å². The van der Waals surface area contributed by atoms with Crippen LogP contribution >= 0.6 is 0 Å². The fourth-order valence-electron chi connectivity index (χ4n) is 1.97. The highest BCUT2D eigenvalue weighted by molar-refractivity contribution is 4.90. The van der Waals surface area contributed by atoms with Crippen LogP contribution in [0.2, 0.25) is 0 Å². The number of nitrogens with one attached hydrogen (secondary N) is 1. The number of nitrogens with zero attached hydrogens (tertiary/aromatic N) is 1. The van der Waals surface area contributed by atoms with Crippen molar-refractivity contribution in [3.63, 3.8) is 0 Å². The Labute approximate surface area is 86.5 Å². The van der Waals surface area contributed by atoms with Gasteiger partial charge < -0.3 is 10.4 Å². The summed E-state index contributed by atoms with van der Waals surface area (Å²) in [4.78, 5) is 2.58. The van der Waals surface area contributed by atoms with Gasteiger partial charge in [0.1, 0.15) is 0 Å². The third kappa shape index (κ3) is 2.94. The average molecular weight is 198 g/mol. The van der Waals surface area contributed by atoms with Crippen molar-refractivity contribution in [2.24, 2.45) is 5.92 Å². The van der Waals surface area contributed by atoms with Crippen LogP contribution in [0.4, 0.5) is 0 Å². The number of aliphatic hydroxyl groups is 1. The van der Waals surface area contributed by atoms with Crippen LogP contribution < -0.4 is 5.32 Å². The molecule has 3 heteroatoms. The van der Waals surface area contributed by atoms with Crippen molar-refractivity contribution in [1.82, 2.24) is 10.2 Å². The van der Waals surface area contributed by atoms with Gasteiger partial charge in [-0.1, -0.05) is 0 Å². The lowest BCUT2D eigenvalue weighted by Gasteiger charge is -2.26. The molecule has 0 aromatic rings. The van der Waals surface area contributed by atoms with Crippen LogP contribution in [0.25, 0.3) is 0 Å². The monoisotopic (exact) mass is 198 g/mol. The molecule has 2 rings (SSSR count). The topological polar surface area (TPSA) is 35.5 Å². The van der Waals surface area contributed by atoms with E-state index in [1.807, 2.05) is 7.05 Å². The second kappa shape index (κ2) is 4.60. The molecule has 0 heterocycles. The van der Waals surface area contributed by atoms with Crippen molar-refractivity contribution in [2.75, 3.05) is 26.7 Å². The Kier molecular flexibility index (Phi) is 3.42. The van der Waals surface area contributed by atoms with Crippen molar-refractivity contribution in [3.8, 4) is 0 Å². The van der Waals surface area contributed by atoms with Gasteiger partial charge in [0.05, 0.1) is 6.61 Å². The van der Waals surface area contributed by atoms with Gasteiger partial charge in [0.25, 0.3) is 0 Å². The van der Waals surface area contributed by atoms with Gasteiger partial charge in [-0.25, -0.2) is 0 Å². The summed E-state index contributed by atoms with van der Waals surface area (Å²) in [5.41, 5.74) is 0. The molecule has 1 unspecified atom stereocenters. The fraction of sp³-hybridized carbons (Fsp3) is 1.00. The molecular formula is C11H22N2O. The summed E-state index contributed by atoms with van der Waals surface area (Å²) in [5, 5.41) is 12.3. The van der Waals surface area contributed by atoms with Crippen molar-refractivity contribution >= 4 is 0 Å². The van der Waals surface area contributed by atoms with Crippen molar-refractivity contribution < 1.29 is 5.11 Å². The molecule has 82 valence electrons. The molecule has 0 amide bonds. The molecule has 3 nitrogen and oxygen atoms in total. The smallest absolute Gasteiger partial charge is 0.0597 e. The van der Waals surface area contributed by atoms with Gasteiger partial charge in [-0.3, -0.25) is 4.90 Å². The van der Waals surface area contributed by atoms with Crippen molar-refractivity contribution in [3.05, 3.63) is 0 Å². The third-order valence-corrected chi connectivity index (χ3v) is 3.34. The van der Waals surface area contributed by atoms with E-state index in [1.165, 1.54) is 32.2 Å². The third-order valence-electron chi connectivity index (χ3n) is 3.34.